The molecule has 0 aliphatic heterocycles. The lowest BCUT2D eigenvalue weighted by atomic mass is 9.68. The van der Waals surface area contributed by atoms with E-state index in [2.05, 4.69) is 217 Å². The maximum Gasteiger partial charge on any atom is 0.0714 e. The van der Waals surface area contributed by atoms with Crippen LogP contribution in [0.1, 0.15) is 22.3 Å². The molecule has 0 bridgehead atoms. The fourth-order valence-corrected chi connectivity index (χ4v) is 10.4. The molecule has 0 amide bonds. The summed E-state index contributed by atoms with van der Waals surface area (Å²) >= 11 is 1.87. The highest BCUT2D eigenvalue weighted by Crippen LogP contribution is 2.60. The Morgan fingerprint density at radius 1 is 0.382 bits per heavy atom. The highest BCUT2D eigenvalue weighted by Gasteiger charge is 2.47. The van der Waals surface area contributed by atoms with E-state index in [9.17, 15) is 0 Å². The summed E-state index contributed by atoms with van der Waals surface area (Å²) in [5.74, 6) is 0. The summed E-state index contributed by atoms with van der Waals surface area (Å²) in [6.45, 7) is 0. The fourth-order valence-electron chi connectivity index (χ4n) is 9.28. The predicted molar refractivity (Wildman–Crippen MR) is 234 cm³/mol. The van der Waals surface area contributed by atoms with Crippen molar-refractivity contribution in [2.24, 2.45) is 0 Å². The van der Waals surface area contributed by atoms with Gasteiger partial charge in [-0.1, -0.05) is 176 Å². The fraction of sp³-hybridized carbons (Fsp3) is 0.0189. The molecule has 0 atom stereocenters. The zero-order valence-corrected chi connectivity index (χ0v) is 30.9. The van der Waals surface area contributed by atoms with E-state index in [4.69, 9.17) is 0 Å². The van der Waals surface area contributed by atoms with E-state index in [0.29, 0.717) is 0 Å². The summed E-state index contributed by atoms with van der Waals surface area (Å²) in [5, 5.41) is 5.08. The molecule has 0 spiro atoms. The number of fused-ring (bicyclic) bond motifs is 7. The molecule has 0 saturated heterocycles. The van der Waals surface area contributed by atoms with Crippen molar-refractivity contribution in [1.82, 2.24) is 0 Å². The summed E-state index contributed by atoms with van der Waals surface area (Å²) in [4.78, 5) is 2.52. The maximum absolute atomic E-state index is 2.52. The second-order valence-electron chi connectivity index (χ2n) is 14.4. The van der Waals surface area contributed by atoms with Crippen molar-refractivity contribution < 1.29 is 0 Å². The molecule has 10 aromatic rings. The van der Waals surface area contributed by atoms with Crippen molar-refractivity contribution in [1.29, 1.82) is 0 Å². The van der Waals surface area contributed by atoms with Gasteiger partial charge in [0.15, 0.2) is 0 Å². The lowest BCUT2D eigenvalue weighted by Crippen LogP contribution is -2.28. The minimum atomic E-state index is -0.491. The minimum Gasteiger partial charge on any atom is -0.309 e. The average Bonchev–Trinajstić information content (AvgIpc) is 3.79. The van der Waals surface area contributed by atoms with E-state index in [1.165, 1.54) is 86.8 Å². The second-order valence-corrected chi connectivity index (χ2v) is 15.5. The van der Waals surface area contributed by atoms with Gasteiger partial charge in [0, 0.05) is 31.4 Å². The van der Waals surface area contributed by atoms with Crippen LogP contribution < -0.4 is 4.90 Å². The Balaban J connectivity index is 1.21. The van der Waals surface area contributed by atoms with Crippen LogP contribution in [0.25, 0.3) is 53.2 Å². The van der Waals surface area contributed by atoms with E-state index < -0.39 is 5.41 Å². The van der Waals surface area contributed by atoms with Gasteiger partial charge in [0.05, 0.1) is 16.8 Å². The SMILES string of the molecule is c1ccc(C2(c3ccccc3)c3ccccc3-c3c(N(c4ccc(-c5cccc6ccccc56)cc4)c4cccc5sc6ccccc6c45)cccc32)cc1. The molecule has 0 N–H and O–H groups in total. The van der Waals surface area contributed by atoms with Crippen LogP contribution in [0.4, 0.5) is 17.1 Å². The Morgan fingerprint density at radius 2 is 0.945 bits per heavy atom. The first-order valence-electron chi connectivity index (χ1n) is 18.9. The molecule has 258 valence electrons. The zero-order valence-electron chi connectivity index (χ0n) is 30.1. The lowest BCUT2D eigenvalue weighted by molar-refractivity contribution is 0.768. The number of rotatable bonds is 6. The molecule has 0 radical (unpaired) electrons. The van der Waals surface area contributed by atoms with Crippen molar-refractivity contribution in [2.45, 2.75) is 5.41 Å². The Hall–Kier alpha value is -6.74. The first-order valence-corrected chi connectivity index (χ1v) is 19.8. The molecule has 0 saturated carbocycles. The van der Waals surface area contributed by atoms with Gasteiger partial charge in [0.1, 0.15) is 0 Å². The average molecular weight is 718 g/mol. The third-order valence-electron chi connectivity index (χ3n) is 11.5. The molecule has 0 fully saturated rings. The number of anilines is 3. The Morgan fingerprint density at radius 3 is 1.75 bits per heavy atom. The van der Waals surface area contributed by atoms with Gasteiger partial charge in [-0.25, -0.2) is 0 Å². The molecule has 55 heavy (non-hydrogen) atoms. The molecule has 1 nitrogen and oxygen atoms in total. The van der Waals surface area contributed by atoms with Gasteiger partial charge in [-0.2, -0.15) is 0 Å². The largest absolute Gasteiger partial charge is 0.309 e. The van der Waals surface area contributed by atoms with Crippen molar-refractivity contribution in [3.05, 3.63) is 235 Å². The minimum absolute atomic E-state index is 0.491. The molecule has 1 aliphatic carbocycles. The van der Waals surface area contributed by atoms with Crippen LogP contribution in [0.15, 0.2) is 212 Å². The predicted octanol–water partition coefficient (Wildman–Crippen LogP) is 14.7. The molecule has 2 heteroatoms. The Kier molecular flexibility index (Phi) is 7.33. The molecule has 1 heterocycles. The van der Waals surface area contributed by atoms with Crippen molar-refractivity contribution in [2.75, 3.05) is 4.90 Å². The maximum atomic E-state index is 2.52. The topological polar surface area (TPSA) is 3.24 Å². The molecular formula is C53H35NS. The van der Waals surface area contributed by atoms with Gasteiger partial charge in [-0.15, -0.1) is 11.3 Å². The summed E-state index contributed by atoms with van der Waals surface area (Å²) in [5.41, 5.74) is 13.1. The molecule has 1 aliphatic rings. The van der Waals surface area contributed by atoms with Crippen LogP contribution in [-0.2, 0) is 5.41 Å². The third-order valence-corrected chi connectivity index (χ3v) is 12.7. The number of nitrogens with zero attached hydrogens (tertiary/aromatic N) is 1. The van der Waals surface area contributed by atoms with Crippen LogP contribution in [-0.4, -0.2) is 0 Å². The van der Waals surface area contributed by atoms with Crippen LogP contribution in [0, 0.1) is 0 Å². The molecule has 11 rings (SSSR count). The summed E-state index contributed by atoms with van der Waals surface area (Å²) < 4.78 is 2.58. The van der Waals surface area contributed by atoms with E-state index in [-0.39, 0.29) is 0 Å². The standard InChI is InChI=1S/C53H35NS/c1-3-18-38(19-4-1)53(39-20-5-2-6-21-39)45-26-11-9-23-43(45)51-46(53)27-14-28-47(51)54(48-29-15-31-50-52(48)44-24-10-12-30-49(44)55-50)40-34-32-37(33-35-40)42-25-13-17-36-16-7-8-22-41(36)42/h1-35H. The highest BCUT2D eigenvalue weighted by molar-refractivity contribution is 7.26. The molecular weight excluding hydrogens is 683 g/mol. The Bertz CT molecular complexity index is 2990. The van der Waals surface area contributed by atoms with Crippen LogP contribution in [0.2, 0.25) is 0 Å². The van der Waals surface area contributed by atoms with Crippen LogP contribution >= 0.6 is 11.3 Å². The Labute approximate surface area is 325 Å². The molecule has 0 unspecified atom stereocenters. The van der Waals surface area contributed by atoms with Crippen molar-refractivity contribution >= 4 is 59.3 Å². The van der Waals surface area contributed by atoms with E-state index >= 15 is 0 Å². The van der Waals surface area contributed by atoms with Gasteiger partial charge in [0.25, 0.3) is 0 Å². The van der Waals surface area contributed by atoms with Crippen LogP contribution in [0.3, 0.4) is 0 Å². The van der Waals surface area contributed by atoms with Crippen molar-refractivity contribution in [3.63, 3.8) is 0 Å². The first-order chi connectivity index (χ1) is 27.3. The number of hydrogen-bond acceptors (Lipinski definition) is 2. The van der Waals surface area contributed by atoms with E-state index in [1.807, 2.05) is 11.3 Å². The van der Waals surface area contributed by atoms with Gasteiger partial charge in [0.2, 0.25) is 0 Å². The van der Waals surface area contributed by atoms with Crippen molar-refractivity contribution in [3.8, 4) is 22.3 Å². The monoisotopic (exact) mass is 717 g/mol. The number of benzene rings is 9. The summed E-state index contributed by atoms with van der Waals surface area (Å²) in [7, 11) is 0. The summed E-state index contributed by atoms with van der Waals surface area (Å²) in [6.07, 6.45) is 0. The normalized spacial score (nSPS) is 12.9. The molecule has 1 aromatic heterocycles. The smallest absolute Gasteiger partial charge is 0.0714 e. The molecule has 9 aromatic carbocycles. The van der Waals surface area contributed by atoms with Gasteiger partial charge in [-0.05, 0) is 86.1 Å². The lowest BCUT2D eigenvalue weighted by Gasteiger charge is -2.34. The first kappa shape index (κ1) is 31.8. The number of thiophene rings is 1. The number of hydrogen-bond donors (Lipinski definition) is 0. The van der Waals surface area contributed by atoms with Crippen LogP contribution in [0.5, 0.6) is 0 Å². The zero-order chi connectivity index (χ0) is 36.3. The summed E-state index contributed by atoms with van der Waals surface area (Å²) in [6, 6.07) is 78.3. The van der Waals surface area contributed by atoms with E-state index in [1.54, 1.807) is 0 Å². The second kappa shape index (κ2) is 12.7. The van der Waals surface area contributed by atoms with Gasteiger partial charge >= 0.3 is 0 Å². The van der Waals surface area contributed by atoms with Gasteiger partial charge in [-0.3, -0.25) is 0 Å². The van der Waals surface area contributed by atoms with Gasteiger partial charge < -0.3 is 4.90 Å². The van der Waals surface area contributed by atoms with E-state index in [0.717, 1.165) is 5.69 Å². The quantitative estimate of drug-likeness (QED) is 0.166. The third kappa shape index (κ3) is 4.78. The highest BCUT2D eigenvalue weighted by atomic mass is 32.1.